The van der Waals surface area contributed by atoms with Gasteiger partial charge in [-0.1, -0.05) is 0 Å². The minimum atomic E-state index is -0.713. The number of aryl methyl sites for hydroxylation is 1. The van der Waals surface area contributed by atoms with Crippen LogP contribution in [0, 0.1) is 13.8 Å². The molecule has 0 aromatic carbocycles. The second-order valence-electron chi connectivity index (χ2n) is 5.58. The van der Waals surface area contributed by atoms with E-state index in [2.05, 4.69) is 4.98 Å². The van der Waals surface area contributed by atoms with E-state index in [0.717, 1.165) is 22.6 Å². The van der Waals surface area contributed by atoms with Crippen LogP contribution in [-0.4, -0.2) is 35.5 Å². The summed E-state index contributed by atoms with van der Waals surface area (Å²) in [5, 5.41) is 10.7. The van der Waals surface area contributed by atoms with Crippen LogP contribution in [0.5, 0.6) is 5.75 Å². The highest BCUT2D eigenvalue weighted by molar-refractivity contribution is 5.41. The van der Waals surface area contributed by atoms with E-state index in [9.17, 15) is 5.11 Å². The highest BCUT2D eigenvalue weighted by atomic mass is 16.5. The second-order valence-corrected chi connectivity index (χ2v) is 5.58. The molecule has 19 heavy (non-hydrogen) atoms. The number of rotatable bonds is 3. The molecule has 0 aliphatic carbocycles. The molecule has 2 rings (SSSR count). The molecule has 0 bridgehead atoms. The van der Waals surface area contributed by atoms with Crippen LogP contribution in [0.4, 0.5) is 0 Å². The lowest BCUT2D eigenvalue weighted by atomic mass is 9.85. The fourth-order valence-corrected chi connectivity index (χ4v) is 2.87. The van der Waals surface area contributed by atoms with Gasteiger partial charge in [0, 0.05) is 42.5 Å². The van der Waals surface area contributed by atoms with Crippen LogP contribution in [0.1, 0.15) is 36.6 Å². The molecule has 0 spiro atoms. The van der Waals surface area contributed by atoms with Crippen LogP contribution in [0.15, 0.2) is 6.20 Å². The average molecular weight is 265 g/mol. The molecule has 1 aromatic heterocycles. The quantitative estimate of drug-likeness (QED) is 0.910. The molecular weight excluding hydrogens is 242 g/mol. The molecule has 0 saturated carbocycles. The predicted octanol–water partition coefficient (Wildman–Crippen LogP) is 2.18. The number of pyridine rings is 1. The first-order valence-electron chi connectivity index (χ1n) is 6.78. The summed E-state index contributed by atoms with van der Waals surface area (Å²) in [5.74, 6) is 0.869. The van der Waals surface area contributed by atoms with E-state index in [4.69, 9.17) is 9.47 Å². The summed E-state index contributed by atoms with van der Waals surface area (Å²) in [7, 11) is 1.67. The third kappa shape index (κ3) is 3.07. The Kier molecular flexibility index (Phi) is 4.11. The molecule has 1 saturated heterocycles. The van der Waals surface area contributed by atoms with Crippen molar-refractivity contribution in [2.75, 3.05) is 13.7 Å². The molecule has 2 atom stereocenters. The first kappa shape index (κ1) is 14.3. The SMILES string of the molecule is COc1c(C)cnc(CC2(O)CCOC(C)C2)c1C. The summed E-state index contributed by atoms with van der Waals surface area (Å²) >= 11 is 0. The van der Waals surface area contributed by atoms with Gasteiger partial charge in [-0.25, -0.2) is 0 Å². The minimum absolute atomic E-state index is 0.103. The zero-order chi connectivity index (χ0) is 14.0. The standard InChI is InChI=1S/C15H23NO3/c1-10-9-16-13(12(3)14(10)18-4)8-15(17)5-6-19-11(2)7-15/h9,11,17H,5-8H2,1-4H3. The number of nitrogens with zero attached hydrogens (tertiary/aromatic N) is 1. The van der Waals surface area contributed by atoms with Crippen LogP contribution in [-0.2, 0) is 11.2 Å². The molecule has 0 amide bonds. The number of aliphatic hydroxyl groups is 1. The molecule has 106 valence electrons. The summed E-state index contributed by atoms with van der Waals surface area (Å²) < 4.78 is 10.9. The molecular formula is C15H23NO3. The van der Waals surface area contributed by atoms with Crippen molar-refractivity contribution < 1.29 is 14.6 Å². The lowest BCUT2D eigenvalue weighted by molar-refractivity contribution is -0.0965. The maximum absolute atomic E-state index is 10.7. The van der Waals surface area contributed by atoms with Gasteiger partial charge in [-0.3, -0.25) is 4.98 Å². The third-order valence-electron chi connectivity index (χ3n) is 3.88. The number of hydrogen-bond donors (Lipinski definition) is 1. The van der Waals surface area contributed by atoms with E-state index in [1.165, 1.54) is 0 Å². The van der Waals surface area contributed by atoms with E-state index < -0.39 is 5.60 Å². The fourth-order valence-electron chi connectivity index (χ4n) is 2.87. The van der Waals surface area contributed by atoms with Crippen LogP contribution >= 0.6 is 0 Å². The Hall–Kier alpha value is -1.13. The predicted molar refractivity (Wildman–Crippen MR) is 73.6 cm³/mol. The Bertz CT molecular complexity index is 461. The third-order valence-corrected chi connectivity index (χ3v) is 3.88. The van der Waals surface area contributed by atoms with Crippen LogP contribution in [0.2, 0.25) is 0 Å². The Morgan fingerprint density at radius 1 is 1.53 bits per heavy atom. The minimum Gasteiger partial charge on any atom is -0.496 e. The molecule has 0 radical (unpaired) electrons. The van der Waals surface area contributed by atoms with Crippen molar-refractivity contribution in [3.05, 3.63) is 23.0 Å². The maximum Gasteiger partial charge on any atom is 0.128 e. The monoisotopic (exact) mass is 265 g/mol. The summed E-state index contributed by atoms with van der Waals surface area (Å²) in [6.07, 6.45) is 3.79. The van der Waals surface area contributed by atoms with Gasteiger partial charge < -0.3 is 14.6 Å². The Morgan fingerprint density at radius 2 is 2.26 bits per heavy atom. The summed E-state index contributed by atoms with van der Waals surface area (Å²) in [6, 6.07) is 0. The zero-order valence-corrected chi connectivity index (χ0v) is 12.2. The highest BCUT2D eigenvalue weighted by Gasteiger charge is 2.34. The van der Waals surface area contributed by atoms with E-state index in [1.54, 1.807) is 7.11 Å². The Morgan fingerprint density at radius 3 is 2.89 bits per heavy atom. The van der Waals surface area contributed by atoms with Gasteiger partial charge >= 0.3 is 0 Å². The molecule has 1 N–H and O–H groups in total. The van der Waals surface area contributed by atoms with Crippen molar-refractivity contribution in [2.24, 2.45) is 0 Å². The van der Waals surface area contributed by atoms with Gasteiger partial charge in [0.25, 0.3) is 0 Å². The molecule has 2 heterocycles. The molecule has 1 aromatic rings. The number of hydrogen-bond acceptors (Lipinski definition) is 4. The highest BCUT2D eigenvalue weighted by Crippen LogP contribution is 2.31. The molecule has 4 nitrogen and oxygen atoms in total. The molecule has 4 heteroatoms. The van der Waals surface area contributed by atoms with Gasteiger partial charge in [0.2, 0.25) is 0 Å². The van der Waals surface area contributed by atoms with Crippen molar-refractivity contribution in [3.63, 3.8) is 0 Å². The first-order valence-corrected chi connectivity index (χ1v) is 6.78. The van der Waals surface area contributed by atoms with Crippen molar-refractivity contribution in [1.29, 1.82) is 0 Å². The van der Waals surface area contributed by atoms with Gasteiger partial charge in [-0.05, 0) is 27.2 Å². The van der Waals surface area contributed by atoms with Crippen LogP contribution in [0.25, 0.3) is 0 Å². The summed E-state index contributed by atoms with van der Waals surface area (Å²) in [4.78, 5) is 4.47. The Balaban J connectivity index is 2.23. The lowest BCUT2D eigenvalue weighted by Crippen LogP contribution is -2.41. The van der Waals surface area contributed by atoms with Gasteiger partial charge in [0.15, 0.2) is 0 Å². The second kappa shape index (κ2) is 5.47. The van der Waals surface area contributed by atoms with E-state index in [-0.39, 0.29) is 6.10 Å². The topological polar surface area (TPSA) is 51.6 Å². The van der Waals surface area contributed by atoms with Crippen LogP contribution < -0.4 is 4.74 Å². The van der Waals surface area contributed by atoms with E-state index in [0.29, 0.717) is 25.9 Å². The van der Waals surface area contributed by atoms with E-state index in [1.807, 2.05) is 27.0 Å². The van der Waals surface area contributed by atoms with Crippen molar-refractivity contribution in [2.45, 2.75) is 51.7 Å². The molecule has 2 unspecified atom stereocenters. The van der Waals surface area contributed by atoms with Gasteiger partial charge in [-0.2, -0.15) is 0 Å². The first-order chi connectivity index (χ1) is 8.95. The normalized spacial score (nSPS) is 27.3. The van der Waals surface area contributed by atoms with Gasteiger partial charge in [0.05, 0.1) is 18.8 Å². The average Bonchev–Trinajstić information content (AvgIpc) is 2.33. The van der Waals surface area contributed by atoms with E-state index >= 15 is 0 Å². The largest absolute Gasteiger partial charge is 0.496 e. The van der Waals surface area contributed by atoms with Crippen LogP contribution in [0.3, 0.4) is 0 Å². The smallest absolute Gasteiger partial charge is 0.128 e. The molecule has 1 aliphatic rings. The van der Waals surface area contributed by atoms with Crippen molar-refractivity contribution in [1.82, 2.24) is 4.98 Å². The fraction of sp³-hybridized carbons (Fsp3) is 0.667. The maximum atomic E-state index is 10.7. The number of ether oxygens (including phenoxy) is 2. The number of aromatic nitrogens is 1. The van der Waals surface area contributed by atoms with Gasteiger partial charge in [0.1, 0.15) is 5.75 Å². The van der Waals surface area contributed by atoms with Crippen molar-refractivity contribution in [3.8, 4) is 5.75 Å². The Labute approximate surface area is 114 Å². The molecule has 1 fully saturated rings. The summed E-state index contributed by atoms with van der Waals surface area (Å²) in [5.41, 5.74) is 2.25. The zero-order valence-electron chi connectivity index (χ0n) is 12.2. The van der Waals surface area contributed by atoms with Crippen molar-refractivity contribution >= 4 is 0 Å². The summed E-state index contributed by atoms with van der Waals surface area (Å²) in [6.45, 7) is 6.59. The lowest BCUT2D eigenvalue weighted by Gasteiger charge is -2.35. The van der Waals surface area contributed by atoms with Gasteiger partial charge in [-0.15, -0.1) is 0 Å². The number of methoxy groups -OCH3 is 1. The molecule has 1 aliphatic heterocycles.